The van der Waals surface area contributed by atoms with Crippen LogP contribution >= 0.6 is 0 Å². The normalized spacial score (nSPS) is 19.4. The minimum absolute atomic E-state index is 0.684. The van der Waals surface area contributed by atoms with Crippen molar-refractivity contribution < 1.29 is 0 Å². The van der Waals surface area contributed by atoms with Gasteiger partial charge in [-0.2, -0.15) is 0 Å². The van der Waals surface area contributed by atoms with Crippen molar-refractivity contribution >= 4 is 54.6 Å². The van der Waals surface area contributed by atoms with Gasteiger partial charge in [0.15, 0.2) is 0 Å². The van der Waals surface area contributed by atoms with E-state index in [1.54, 1.807) is 22.3 Å². The molecule has 4 aliphatic rings. The second kappa shape index (κ2) is 15.3. The van der Waals surface area contributed by atoms with Gasteiger partial charge in [-0.25, -0.2) is 0 Å². The maximum atomic E-state index is 2.66. The Bertz CT molecular complexity index is 2830. The Morgan fingerprint density at radius 2 is 0.629 bits per heavy atom. The van der Waals surface area contributed by atoms with Crippen LogP contribution in [-0.4, -0.2) is 8.80 Å². The summed E-state index contributed by atoms with van der Waals surface area (Å²) in [5.41, 5.74) is 20.0. The smallest absolute Gasteiger partial charge is 0.0789 e. The van der Waals surface area contributed by atoms with Crippen LogP contribution in [-0.2, 0) is 0 Å². The Morgan fingerprint density at radius 1 is 0.306 bits per heavy atom. The van der Waals surface area contributed by atoms with Crippen LogP contribution in [0.5, 0.6) is 0 Å². The molecule has 0 atom stereocenters. The van der Waals surface area contributed by atoms with Crippen LogP contribution in [0.1, 0.15) is 174 Å². The zero-order valence-electron chi connectivity index (χ0n) is 36.7. The predicted molar refractivity (Wildman–Crippen MR) is 264 cm³/mol. The molecule has 3 aromatic heterocycles. The third-order valence-corrected chi connectivity index (χ3v) is 17.0. The topological polar surface area (TPSA) is 8.82 Å². The largest absolute Gasteiger partial charge is 0.305 e. The second-order valence-corrected chi connectivity index (χ2v) is 20.5. The van der Waals surface area contributed by atoms with Crippen molar-refractivity contribution in [3.05, 3.63) is 131 Å². The SMILES string of the molecule is c1ccc2c(c1)c1c(-c3cc(C4CCCCC4)cc(C4CCCCC4)c3)ccc3c1n2c1ccc(-c2cc(C4CCCCC4)cc(C4CCCCC4)c2)c2c4ccccc4n3c21. The minimum atomic E-state index is 0.684. The van der Waals surface area contributed by atoms with Crippen molar-refractivity contribution in [1.29, 1.82) is 0 Å². The van der Waals surface area contributed by atoms with E-state index in [4.69, 9.17) is 0 Å². The van der Waals surface area contributed by atoms with E-state index in [0.717, 1.165) is 0 Å². The summed E-state index contributed by atoms with van der Waals surface area (Å²) in [5.74, 6) is 2.74. The molecule has 6 aromatic carbocycles. The van der Waals surface area contributed by atoms with Gasteiger partial charge in [-0.3, -0.25) is 0 Å². The van der Waals surface area contributed by atoms with Crippen LogP contribution in [0.15, 0.2) is 109 Å². The van der Waals surface area contributed by atoms with Gasteiger partial charge in [0.1, 0.15) is 0 Å². The summed E-state index contributed by atoms with van der Waals surface area (Å²) >= 11 is 0. The maximum absolute atomic E-state index is 2.66. The first kappa shape index (κ1) is 37.5. The van der Waals surface area contributed by atoms with Crippen molar-refractivity contribution in [2.45, 2.75) is 152 Å². The molecule has 0 unspecified atom stereocenters. The lowest BCUT2D eigenvalue weighted by Crippen LogP contribution is -2.09. The van der Waals surface area contributed by atoms with Crippen molar-refractivity contribution in [1.82, 2.24) is 8.80 Å². The summed E-state index contributed by atoms with van der Waals surface area (Å²) < 4.78 is 5.32. The predicted octanol–water partition coefficient (Wildman–Crippen LogP) is 17.8. The van der Waals surface area contributed by atoms with Crippen molar-refractivity contribution in [2.24, 2.45) is 0 Å². The number of para-hydroxylation sites is 2. The molecule has 0 N–H and O–H groups in total. The molecule has 9 aromatic rings. The number of nitrogens with zero attached hydrogens (tertiary/aromatic N) is 2. The number of hydrogen-bond donors (Lipinski definition) is 0. The highest BCUT2D eigenvalue weighted by atomic mass is 15.0. The Balaban J connectivity index is 1.08. The van der Waals surface area contributed by atoms with Gasteiger partial charge in [0.25, 0.3) is 0 Å². The van der Waals surface area contributed by atoms with E-state index in [1.807, 2.05) is 0 Å². The number of aromatic nitrogens is 2. The molecule has 0 radical (unpaired) electrons. The summed E-state index contributed by atoms with van der Waals surface area (Å²) in [6, 6.07) is 44.5. The molecule has 2 heteroatoms. The van der Waals surface area contributed by atoms with Gasteiger partial charge in [-0.1, -0.05) is 162 Å². The number of hydrogen-bond acceptors (Lipinski definition) is 0. The lowest BCUT2D eigenvalue weighted by molar-refractivity contribution is 0.435. The van der Waals surface area contributed by atoms with Crippen molar-refractivity contribution in [3.8, 4) is 22.3 Å². The summed E-state index contributed by atoms with van der Waals surface area (Å²) in [5, 5.41) is 5.55. The van der Waals surface area contributed by atoms with Crippen LogP contribution in [0.25, 0.3) is 76.9 Å². The highest BCUT2D eigenvalue weighted by Gasteiger charge is 2.28. The van der Waals surface area contributed by atoms with Crippen LogP contribution < -0.4 is 0 Å². The quantitative estimate of drug-likeness (QED) is 0.148. The second-order valence-electron chi connectivity index (χ2n) is 20.5. The Kier molecular flexibility index (Phi) is 9.26. The van der Waals surface area contributed by atoms with Gasteiger partial charge >= 0.3 is 0 Å². The average Bonchev–Trinajstić information content (AvgIpc) is 3.89. The van der Waals surface area contributed by atoms with E-state index in [-0.39, 0.29) is 0 Å². The first-order valence-corrected chi connectivity index (χ1v) is 25.2. The molecule has 0 saturated heterocycles. The first-order valence-electron chi connectivity index (χ1n) is 25.2. The highest BCUT2D eigenvalue weighted by molar-refractivity contribution is 6.26. The number of fused-ring (bicyclic) bond motifs is 8. The van der Waals surface area contributed by atoms with E-state index in [2.05, 4.69) is 118 Å². The first-order chi connectivity index (χ1) is 30.8. The summed E-state index contributed by atoms with van der Waals surface area (Å²) in [7, 11) is 0. The molecule has 312 valence electrons. The molecular weight excluding hydrogens is 749 g/mol. The van der Waals surface area contributed by atoms with Gasteiger partial charge in [-0.15, -0.1) is 0 Å². The lowest BCUT2D eigenvalue weighted by atomic mass is 9.78. The maximum Gasteiger partial charge on any atom is 0.0789 e. The van der Waals surface area contributed by atoms with Gasteiger partial charge in [0.2, 0.25) is 0 Å². The molecular formula is C60H62N2. The minimum Gasteiger partial charge on any atom is -0.305 e. The van der Waals surface area contributed by atoms with E-state index >= 15 is 0 Å². The monoisotopic (exact) mass is 810 g/mol. The average molecular weight is 811 g/mol. The van der Waals surface area contributed by atoms with Crippen LogP contribution in [0.3, 0.4) is 0 Å². The number of rotatable bonds is 6. The van der Waals surface area contributed by atoms with Gasteiger partial charge in [-0.05, 0) is 144 Å². The fourth-order valence-corrected chi connectivity index (χ4v) is 13.9. The van der Waals surface area contributed by atoms with Crippen LogP contribution in [0.4, 0.5) is 0 Å². The fourth-order valence-electron chi connectivity index (χ4n) is 13.9. The molecule has 62 heavy (non-hydrogen) atoms. The van der Waals surface area contributed by atoms with E-state index < -0.39 is 0 Å². The molecule has 4 fully saturated rings. The zero-order valence-corrected chi connectivity index (χ0v) is 36.7. The Morgan fingerprint density at radius 3 is 0.968 bits per heavy atom. The lowest BCUT2D eigenvalue weighted by Gasteiger charge is -2.27. The summed E-state index contributed by atoms with van der Waals surface area (Å²) in [6.07, 6.45) is 27.2. The molecule has 0 amide bonds. The molecule has 4 saturated carbocycles. The molecule has 3 heterocycles. The zero-order chi connectivity index (χ0) is 40.7. The van der Waals surface area contributed by atoms with E-state index in [1.165, 1.54) is 205 Å². The Hall–Kier alpha value is -5.08. The Labute approximate surface area is 367 Å². The van der Waals surface area contributed by atoms with E-state index in [0.29, 0.717) is 23.7 Å². The van der Waals surface area contributed by atoms with Gasteiger partial charge < -0.3 is 8.80 Å². The molecule has 2 nitrogen and oxygen atoms in total. The van der Waals surface area contributed by atoms with Crippen molar-refractivity contribution in [3.63, 3.8) is 0 Å². The van der Waals surface area contributed by atoms with Crippen LogP contribution in [0, 0.1) is 0 Å². The van der Waals surface area contributed by atoms with Gasteiger partial charge in [0.05, 0.1) is 33.1 Å². The fraction of sp³-hybridized carbons (Fsp3) is 0.400. The molecule has 13 rings (SSSR count). The third kappa shape index (κ3) is 6.02. The van der Waals surface area contributed by atoms with Crippen molar-refractivity contribution in [2.75, 3.05) is 0 Å². The highest BCUT2D eigenvalue weighted by Crippen LogP contribution is 2.49. The number of benzene rings is 6. The van der Waals surface area contributed by atoms with E-state index in [9.17, 15) is 0 Å². The third-order valence-electron chi connectivity index (χ3n) is 17.0. The summed E-state index contributed by atoms with van der Waals surface area (Å²) in [4.78, 5) is 0. The molecule has 0 spiro atoms. The molecule has 0 bridgehead atoms. The summed E-state index contributed by atoms with van der Waals surface area (Å²) in [6.45, 7) is 0. The molecule has 4 aliphatic carbocycles. The standard InChI is InChI=1S/C60H62N2/c1-5-17-39(18-6-1)43-33-44(40-19-7-2-8-20-40)36-47(35-43)49-29-31-55-59-57(49)51-25-13-15-27-53(51)61(59)56-32-30-50(58-52-26-14-16-28-54(52)62(55)60(56)58)48-37-45(41-21-9-3-10-22-41)34-46(38-48)42-23-11-4-12-24-42/h13-16,25-42H,1-12,17-24H2. The molecule has 0 aliphatic heterocycles. The van der Waals surface area contributed by atoms with Crippen LogP contribution in [0.2, 0.25) is 0 Å². The van der Waals surface area contributed by atoms with Gasteiger partial charge in [0, 0.05) is 21.5 Å².